The second-order valence-corrected chi connectivity index (χ2v) is 4.36. The van der Waals surface area contributed by atoms with E-state index in [9.17, 15) is 9.90 Å². The largest absolute Gasteiger partial charge is 0.508 e. The van der Waals surface area contributed by atoms with Crippen molar-refractivity contribution >= 4 is 16.7 Å². The molecule has 0 unspecified atom stereocenters. The molecule has 0 saturated heterocycles. The van der Waals surface area contributed by atoms with Gasteiger partial charge in [-0.25, -0.2) is 4.79 Å². The van der Waals surface area contributed by atoms with Crippen molar-refractivity contribution in [2.75, 3.05) is 0 Å². The number of aromatic hydroxyl groups is 1. The van der Waals surface area contributed by atoms with Crippen molar-refractivity contribution in [1.29, 1.82) is 0 Å². The first-order valence-electron chi connectivity index (χ1n) is 5.38. The summed E-state index contributed by atoms with van der Waals surface area (Å²) >= 11 is 0. The quantitative estimate of drug-likeness (QED) is 0.791. The minimum atomic E-state index is -0.922. The first-order valence-corrected chi connectivity index (χ1v) is 5.38. The van der Waals surface area contributed by atoms with Gasteiger partial charge in [-0.3, -0.25) is 0 Å². The Labute approximate surface area is 99.3 Å². The van der Waals surface area contributed by atoms with E-state index in [-0.39, 0.29) is 5.75 Å². The molecule has 2 N–H and O–H groups in total. The van der Waals surface area contributed by atoms with E-state index >= 15 is 0 Å². The molecule has 0 fully saturated rings. The number of aromatic carboxylic acids is 1. The third kappa shape index (κ3) is 1.73. The zero-order valence-corrected chi connectivity index (χ0v) is 10.0. The molecule has 0 radical (unpaired) electrons. The predicted octanol–water partition coefficient (Wildman–Crippen LogP) is 3.17. The van der Waals surface area contributed by atoms with Crippen molar-refractivity contribution in [1.82, 2.24) is 0 Å². The van der Waals surface area contributed by atoms with Gasteiger partial charge in [-0.05, 0) is 60.4 Å². The molecule has 17 heavy (non-hydrogen) atoms. The molecule has 0 bridgehead atoms. The third-order valence-corrected chi connectivity index (χ3v) is 3.16. The Morgan fingerprint density at radius 3 is 2.24 bits per heavy atom. The fourth-order valence-corrected chi connectivity index (χ4v) is 2.10. The van der Waals surface area contributed by atoms with Gasteiger partial charge in [0.1, 0.15) is 5.75 Å². The molecule has 0 aromatic heterocycles. The number of hydrogen-bond donors (Lipinski definition) is 2. The Balaban J connectivity index is 2.92. The number of phenols is 1. The number of carboxylic acids is 1. The van der Waals surface area contributed by atoms with Crippen LogP contribution in [-0.4, -0.2) is 16.2 Å². The summed E-state index contributed by atoms with van der Waals surface area (Å²) in [5, 5.41) is 20.6. The fourth-order valence-electron chi connectivity index (χ4n) is 2.10. The lowest BCUT2D eigenvalue weighted by atomic mass is 9.95. The predicted molar refractivity (Wildman–Crippen MR) is 66.8 cm³/mol. The second kappa shape index (κ2) is 3.77. The van der Waals surface area contributed by atoms with Crippen LogP contribution in [0, 0.1) is 20.8 Å². The van der Waals surface area contributed by atoms with E-state index in [4.69, 9.17) is 5.11 Å². The molecule has 3 heteroatoms. The van der Waals surface area contributed by atoms with Gasteiger partial charge in [0.25, 0.3) is 0 Å². The molecule has 0 saturated carbocycles. The average Bonchev–Trinajstić information content (AvgIpc) is 2.25. The van der Waals surface area contributed by atoms with E-state index in [0.29, 0.717) is 11.1 Å². The van der Waals surface area contributed by atoms with Crippen molar-refractivity contribution in [3.63, 3.8) is 0 Å². The molecule has 0 aliphatic heterocycles. The molecule has 2 rings (SSSR count). The van der Waals surface area contributed by atoms with Crippen LogP contribution in [0.1, 0.15) is 27.0 Å². The Bertz CT molecular complexity index is 627. The molecule has 2 aromatic carbocycles. The van der Waals surface area contributed by atoms with Gasteiger partial charge >= 0.3 is 5.97 Å². The van der Waals surface area contributed by atoms with Crippen LogP contribution in [0.4, 0.5) is 0 Å². The molecular weight excluding hydrogens is 216 g/mol. The van der Waals surface area contributed by atoms with E-state index in [1.807, 2.05) is 19.9 Å². The number of rotatable bonds is 1. The molecule has 0 atom stereocenters. The normalized spacial score (nSPS) is 10.8. The molecule has 0 heterocycles. The van der Waals surface area contributed by atoms with Gasteiger partial charge in [0, 0.05) is 0 Å². The lowest BCUT2D eigenvalue weighted by molar-refractivity contribution is 0.0696. The summed E-state index contributed by atoms with van der Waals surface area (Å²) in [5.41, 5.74) is 2.68. The molecule has 0 spiro atoms. The summed E-state index contributed by atoms with van der Waals surface area (Å²) in [4.78, 5) is 11.1. The second-order valence-electron chi connectivity index (χ2n) is 4.36. The first kappa shape index (κ1) is 11.5. The highest BCUT2D eigenvalue weighted by Gasteiger charge is 2.12. The molecule has 0 amide bonds. The zero-order chi connectivity index (χ0) is 12.7. The summed E-state index contributed by atoms with van der Waals surface area (Å²) in [7, 11) is 0. The van der Waals surface area contributed by atoms with Crippen molar-refractivity contribution in [2.24, 2.45) is 0 Å². The van der Waals surface area contributed by atoms with E-state index in [1.165, 1.54) is 0 Å². The first-order chi connectivity index (χ1) is 7.91. The van der Waals surface area contributed by atoms with Gasteiger partial charge in [-0.1, -0.05) is 6.07 Å². The summed E-state index contributed by atoms with van der Waals surface area (Å²) in [6, 6.07) is 5.16. The third-order valence-electron chi connectivity index (χ3n) is 3.16. The van der Waals surface area contributed by atoms with Crippen molar-refractivity contribution in [2.45, 2.75) is 20.8 Å². The topological polar surface area (TPSA) is 57.5 Å². The maximum atomic E-state index is 11.1. The Morgan fingerprint density at radius 2 is 1.65 bits per heavy atom. The van der Waals surface area contributed by atoms with Gasteiger partial charge < -0.3 is 10.2 Å². The van der Waals surface area contributed by atoms with Crippen molar-refractivity contribution in [3.05, 3.63) is 40.5 Å². The lowest BCUT2D eigenvalue weighted by Gasteiger charge is -2.11. The maximum absolute atomic E-state index is 11.1. The summed E-state index contributed by atoms with van der Waals surface area (Å²) < 4.78 is 0. The molecule has 3 nitrogen and oxygen atoms in total. The van der Waals surface area contributed by atoms with Crippen LogP contribution in [0.15, 0.2) is 18.2 Å². The maximum Gasteiger partial charge on any atom is 0.335 e. The van der Waals surface area contributed by atoms with Crippen LogP contribution < -0.4 is 0 Å². The van der Waals surface area contributed by atoms with Crippen LogP contribution in [-0.2, 0) is 0 Å². The van der Waals surface area contributed by atoms with Gasteiger partial charge in [-0.15, -0.1) is 0 Å². The van der Waals surface area contributed by atoms with E-state index in [1.54, 1.807) is 19.1 Å². The monoisotopic (exact) mass is 230 g/mol. The van der Waals surface area contributed by atoms with Crippen LogP contribution in [0.3, 0.4) is 0 Å². The number of aryl methyl sites for hydroxylation is 3. The minimum Gasteiger partial charge on any atom is -0.508 e. The van der Waals surface area contributed by atoms with Crippen LogP contribution in [0.2, 0.25) is 0 Å². The lowest BCUT2D eigenvalue weighted by Crippen LogP contribution is -2.00. The molecule has 88 valence electrons. The summed E-state index contributed by atoms with van der Waals surface area (Å²) in [5.74, 6) is -0.674. The standard InChI is InChI=1S/C14H14O3/c1-7-4-12-9(3)13(15)5-8(2)10(12)6-11(7)14(16)17/h4-6,15H,1-3H3,(H,16,17). The van der Waals surface area contributed by atoms with Gasteiger partial charge in [0.15, 0.2) is 0 Å². The van der Waals surface area contributed by atoms with E-state index in [0.717, 1.165) is 21.9 Å². The summed E-state index contributed by atoms with van der Waals surface area (Å²) in [6.45, 7) is 5.46. The molecule has 2 aromatic rings. The van der Waals surface area contributed by atoms with Crippen LogP contribution in [0.5, 0.6) is 5.75 Å². The number of hydrogen-bond acceptors (Lipinski definition) is 2. The number of benzene rings is 2. The smallest absolute Gasteiger partial charge is 0.335 e. The van der Waals surface area contributed by atoms with Crippen LogP contribution >= 0.6 is 0 Å². The van der Waals surface area contributed by atoms with Gasteiger partial charge in [-0.2, -0.15) is 0 Å². The minimum absolute atomic E-state index is 0.248. The highest BCUT2D eigenvalue weighted by Crippen LogP contribution is 2.31. The average molecular weight is 230 g/mol. The number of carboxylic acid groups (broad SMARTS) is 1. The Morgan fingerprint density at radius 1 is 1.00 bits per heavy atom. The fraction of sp³-hybridized carbons (Fsp3) is 0.214. The summed E-state index contributed by atoms with van der Waals surface area (Å²) in [6.07, 6.45) is 0. The molecule has 0 aliphatic carbocycles. The SMILES string of the molecule is Cc1cc2c(C)c(O)cc(C)c2cc1C(=O)O. The van der Waals surface area contributed by atoms with Crippen molar-refractivity contribution < 1.29 is 15.0 Å². The number of phenolic OH excluding ortho intramolecular Hbond substituents is 1. The van der Waals surface area contributed by atoms with E-state index < -0.39 is 5.97 Å². The Kier molecular flexibility index (Phi) is 2.54. The van der Waals surface area contributed by atoms with Crippen molar-refractivity contribution in [3.8, 4) is 5.75 Å². The number of fused-ring (bicyclic) bond motifs is 1. The highest BCUT2D eigenvalue weighted by molar-refractivity contribution is 5.99. The zero-order valence-electron chi connectivity index (χ0n) is 10.0. The number of carbonyl (C=O) groups is 1. The molecular formula is C14H14O3. The van der Waals surface area contributed by atoms with Gasteiger partial charge in [0.05, 0.1) is 5.56 Å². The van der Waals surface area contributed by atoms with Crippen LogP contribution in [0.25, 0.3) is 10.8 Å². The van der Waals surface area contributed by atoms with Gasteiger partial charge in [0.2, 0.25) is 0 Å². The van der Waals surface area contributed by atoms with E-state index in [2.05, 4.69) is 0 Å². The molecule has 0 aliphatic rings. The highest BCUT2D eigenvalue weighted by atomic mass is 16.4. The Hall–Kier alpha value is -2.03.